The van der Waals surface area contributed by atoms with Gasteiger partial charge in [0.1, 0.15) is 11.6 Å². The lowest BCUT2D eigenvalue weighted by Gasteiger charge is -2.14. The molecule has 0 aromatic heterocycles. The van der Waals surface area contributed by atoms with Gasteiger partial charge in [0, 0.05) is 12.0 Å². The number of carbonyl (C=O) groups excluding carboxylic acids is 1. The van der Waals surface area contributed by atoms with Gasteiger partial charge in [-0.3, -0.25) is 4.79 Å². The van der Waals surface area contributed by atoms with Crippen molar-refractivity contribution in [1.29, 1.82) is 0 Å². The van der Waals surface area contributed by atoms with Crippen LogP contribution in [0.25, 0.3) is 0 Å². The second kappa shape index (κ2) is 4.94. The molecule has 1 aromatic carbocycles. The maximum absolute atomic E-state index is 13.1. The summed E-state index contributed by atoms with van der Waals surface area (Å²) >= 11 is 0. The molecule has 3 N–H and O–H groups in total. The summed E-state index contributed by atoms with van der Waals surface area (Å²) in [5.74, 6) is -0.418. The van der Waals surface area contributed by atoms with Gasteiger partial charge in [0.25, 0.3) is 5.91 Å². The molecule has 1 aromatic rings. The van der Waals surface area contributed by atoms with Crippen LogP contribution in [0.3, 0.4) is 0 Å². The Morgan fingerprint density at radius 3 is 2.83 bits per heavy atom. The average molecular weight is 252 g/mol. The molecule has 18 heavy (non-hydrogen) atoms. The van der Waals surface area contributed by atoms with Gasteiger partial charge in [0.15, 0.2) is 0 Å². The summed E-state index contributed by atoms with van der Waals surface area (Å²) in [7, 11) is 1.45. The zero-order valence-corrected chi connectivity index (χ0v) is 10.3. The van der Waals surface area contributed by atoms with E-state index in [1.165, 1.54) is 25.3 Å². The minimum absolute atomic E-state index is 0.0518. The molecular weight excluding hydrogens is 235 g/mol. The average Bonchev–Trinajstić information content (AvgIpc) is 3.16. The number of halogens is 1. The smallest absolute Gasteiger partial charge is 0.255 e. The van der Waals surface area contributed by atoms with E-state index in [1.807, 2.05) is 0 Å². The molecule has 1 amide bonds. The summed E-state index contributed by atoms with van der Waals surface area (Å²) in [5.41, 5.74) is 5.90. The van der Waals surface area contributed by atoms with E-state index in [-0.39, 0.29) is 16.9 Å². The highest BCUT2D eigenvalue weighted by atomic mass is 19.1. The van der Waals surface area contributed by atoms with Gasteiger partial charge >= 0.3 is 0 Å². The molecule has 0 aliphatic heterocycles. The van der Waals surface area contributed by atoms with Crippen LogP contribution < -0.4 is 15.8 Å². The Morgan fingerprint density at radius 2 is 2.28 bits per heavy atom. The summed E-state index contributed by atoms with van der Waals surface area (Å²) in [6, 6.07) is 3.88. The third-order valence-corrected chi connectivity index (χ3v) is 3.42. The number of methoxy groups -OCH3 is 1. The molecule has 98 valence electrons. The van der Waals surface area contributed by atoms with E-state index >= 15 is 0 Å². The normalized spacial score (nSPS) is 16.2. The largest absolute Gasteiger partial charge is 0.496 e. The van der Waals surface area contributed by atoms with Crippen molar-refractivity contribution in [2.24, 2.45) is 11.1 Å². The van der Waals surface area contributed by atoms with Crippen LogP contribution in [0.2, 0.25) is 0 Å². The molecule has 0 spiro atoms. The van der Waals surface area contributed by atoms with Gasteiger partial charge in [-0.2, -0.15) is 0 Å². The maximum Gasteiger partial charge on any atom is 0.255 e. The van der Waals surface area contributed by atoms with Crippen molar-refractivity contribution in [2.45, 2.75) is 12.8 Å². The first kappa shape index (κ1) is 12.8. The van der Waals surface area contributed by atoms with E-state index < -0.39 is 5.82 Å². The first-order chi connectivity index (χ1) is 8.60. The number of hydrogen-bond acceptors (Lipinski definition) is 3. The predicted molar refractivity (Wildman–Crippen MR) is 66.0 cm³/mol. The number of ether oxygens (including phenoxy) is 1. The number of amides is 1. The van der Waals surface area contributed by atoms with Crippen LogP contribution in [-0.4, -0.2) is 26.1 Å². The zero-order chi connectivity index (χ0) is 13.2. The Balaban J connectivity index is 2.06. The number of nitrogens with two attached hydrogens (primary N) is 1. The van der Waals surface area contributed by atoms with Gasteiger partial charge < -0.3 is 15.8 Å². The molecule has 0 radical (unpaired) electrons. The monoisotopic (exact) mass is 252 g/mol. The van der Waals surface area contributed by atoms with E-state index in [0.29, 0.717) is 18.8 Å². The Kier molecular flexibility index (Phi) is 3.52. The fourth-order valence-corrected chi connectivity index (χ4v) is 1.85. The van der Waals surface area contributed by atoms with Crippen LogP contribution in [0.1, 0.15) is 23.2 Å². The molecule has 0 heterocycles. The van der Waals surface area contributed by atoms with Crippen LogP contribution in [0.5, 0.6) is 5.75 Å². The van der Waals surface area contributed by atoms with Crippen LogP contribution in [0, 0.1) is 11.2 Å². The number of carbonyl (C=O) groups is 1. The topological polar surface area (TPSA) is 64.3 Å². The first-order valence-corrected chi connectivity index (χ1v) is 5.92. The molecule has 2 rings (SSSR count). The molecule has 5 heteroatoms. The van der Waals surface area contributed by atoms with Crippen molar-refractivity contribution < 1.29 is 13.9 Å². The zero-order valence-electron chi connectivity index (χ0n) is 10.3. The number of rotatable bonds is 5. The highest BCUT2D eigenvalue weighted by Gasteiger charge is 2.41. The molecule has 0 unspecified atom stereocenters. The second-order valence-corrected chi connectivity index (χ2v) is 4.73. The Hall–Kier alpha value is -1.62. The van der Waals surface area contributed by atoms with E-state index in [0.717, 1.165) is 12.8 Å². The Labute approximate surface area is 105 Å². The van der Waals surface area contributed by atoms with Crippen LogP contribution in [-0.2, 0) is 0 Å². The molecule has 4 nitrogen and oxygen atoms in total. The van der Waals surface area contributed by atoms with E-state index in [1.54, 1.807) is 0 Å². The summed E-state index contributed by atoms with van der Waals surface area (Å²) < 4.78 is 18.2. The van der Waals surface area contributed by atoms with Gasteiger partial charge in [-0.15, -0.1) is 0 Å². The third kappa shape index (κ3) is 2.61. The summed E-state index contributed by atoms with van der Waals surface area (Å²) in [6.07, 6.45) is 2.06. The van der Waals surface area contributed by atoms with Crippen LogP contribution >= 0.6 is 0 Å². The summed E-state index contributed by atoms with van der Waals surface area (Å²) in [5, 5.41) is 2.79. The molecule has 1 saturated carbocycles. The molecule has 1 aliphatic rings. The van der Waals surface area contributed by atoms with Crippen molar-refractivity contribution in [3.8, 4) is 5.75 Å². The van der Waals surface area contributed by atoms with E-state index in [9.17, 15) is 9.18 Å². The van der Waals surface area contributed by atoms with Crippen molar-refractivity contribution in [1.82, 2.24) is 5.32 Å². The SMILES string of the molecule is COc1ccc(F)cc1C(=O)NCC1(CN)CC1. The highest BCUT2D eigenvalue weighted by Crippen LogP contribution is 2.43. The molecule has 0 atom stereocenters. The van der Waals surface area contributed by atoms with Gasteiger partial charge in [0.05, 0.1) is 12.7 Å². The van der Waals surface area contributed by atoms with Crippen molar-refractivity contribution in [2.75, 3.05) is 20.2 Å². The molecular formula is C13H17FN2O2. The third-order valence-electron chi connectivity index (χ3n) is 3.42. The molecule has 1 aliphatic carbocycles. The molecule has 0 bridgehead atoms. The predicted octanol–water partition coefficient (Wildman–Crippen LogP) is 1.30. The van der Waals surface area contributed by atoms with Crippen molar-refractivity contribution >= 4 is 5.91 Å². The Morgan fingerprint density at radius 1 is 1.56 bits per heavy atom. The maximum atomic E-state index is 13.1. The molecule has 0 saturated heterocycles. The van der Waals surface area contributed by atoms with Crippen molar-refractivity contribution in [3.05, 3.63) is 29.6 Å². The van der Waals surface area contributed by atoms with E-state index in [4.69, 9.17) is 10.5 Å². The van der Waals surface area contributed by atoms with E-state index in [2.05, 4.69) is 5.32 Å². The minimum Gasteiger partial charge on any atom is -0.496 e. The quantitative estimate of drug-likeness (QED) is 0.830. The molecule has 1 fully saturated rings. The fourth-order valence-electron chi connectivity index (χ4n) is 1.85. The lowest BCUT2D eigenvalue weighted by Crippen LogP contribution is -2.34. The number of benzene rings is 1. The summed E-state index contributed by atoms with van der Waals surface area (Å²) in [4.78, 5) is 12.0. The summed E-state index contributed by atoms with van der Waals surface area (Å²) in [6.45, 7) is 1.09. The van der Waals surface area contributed by atoms with Crippen molar-refractivity contribution in [3.63, 3.8) is 0 Å². The Bertz CT molecular complexity index is 458. The minimum atomic E-state index is -0.457. The van der Waals surface area contributed by atoms with Gasteiger partial charge in [-0.05, 0) is 37.6 Å². The van der Waals surface area contributed by atoms with Crippen LogP contribution in [0.4, 0.5) is 4.39 Å². The van der Waals surface area contributed by atoms with Gasteiger partial charge in [0.2, 0.25) is 0 Å². The number of hydrogen-bond donors (Lipinski definition) is 2. The van der Waals surface area contributed by atoms with Gasteiger partial charge in [-0.25, -0.2) is 4.39 Å². The van der Waals surface area contributed by atoms with Crippen LogP contribution in [0.15, 0.2) is 18.2 Å². The highest BCUT2D eigenvalue weighted by molar-refractivity contribution is 5.97. The number of nitrogens with one attached hydrogen (secondary N) is 1. The van der Waals surface area contributed by atoms with Gasteiger partial charge in [-0.1, -0.05) is 0 Å². The standard InChI is InChI=1S/C13H17FN2O2/c1-18-11-3-2-9(14)6-10(11)12(17)16-8-13(7-15)4-5-13/h2-3,6H,4-5,7-8,15H2,1H3,(H,16,17). The lowest BCUT2D eigenvalue weighted by molar-refractivity contribution is 0.0942. The first-order valence-electron chi connectivity index (χ1n) is 5.92. The lowest BCUT2D eigenvalue weighted by atomic mass is 10.1. The fraction of sp³-hybridized carbons (Fsp3) is 0.462. The second-order valence-electron chi connectivity index (χ2n) is 4.73.